The summed E-state index contributed by atoms with van der Waals surface area (Å²) in [7, 11) is 0. The molecule has 0 fully saturated rings. The van der Waals surface area contributed by atoms with Crippen molar-refractivity contribution in [2.45, 2.75) is 265 Å². The SMILES string of the molecule is CCCCCCCCCCCCCC(=O)OC[C@@H](COC(=O)CCCCCCCCC)OC(=O)CCCCCCCCCCCCCCCCC(C)C. The number of esters is 3. The van der Waals surface area contributed by atoms with E-state index < -0.39 is 6.10 Å². The molecule has 0 N–H and O–H groups in total. The van der Waals surface area contributed by atoms with Crippen LogP contribution in [0.3, 0.4) is 0 Å². The highest BCUT2D eigenvalue weighted by Crippen LogP contribution is 2.16. The van der Waals surface area contributed by atoms with E-state index in [4.69, 9.17) is 14.2 Å². The van der Waals surface area contributed by atoms with Crippen molar-refractivity contribution in [3.05, 3.63) is 0 Å². The van der Waals surface area contributed by atoms with Crippen molar-refractivity contribution in [2.24, 2.45) is 5.92 Å². The van der Waals surface area contributed by atoms with Crippen molar-refractivity contribution in [1.82, 2.24) is 0 Å². The zero-order valence-corrected chi connectivity index (χ0v) is 36.0. The van der Waals surface area contributed by atoms with E-state index in [0.717, 1.165) is 63.7 Å². The van der Waals surface area contributed by atoms with Gasteiger partial charge < -0.3 is 14.2 Å². The van der Waals surface area contributed by atoms with E-state index in [-0.39, 0.29) is 31.1 Å². The van der Waals surface area contributed by atoms with Crippen molar-refractivity contribution >= 4 is 17.9 Å². The van der Waals surface area contributed by atoms with Crippen LogP contribution in [0.15, 0.2) is 0 Å². The van der Waals surface area contributed by atoms with Crippen LogP contribution in [0.1, 0.15) is 259 Å². The van der Waals surface area contributed by atoms with E-state index in [2.05, 4.69) is 27.7 Å². The Kier molecular flexibility index (Phi) is 40.3. The Bertz CT molecular complexity index is 796. The van der Waals surface area contributed by atoms with Crippen LogP contribution in [0.2, 0.25) is 0 Å². The molecule has 0 saturated carbocycles. The molecular weight excluding hydrogens is 661 g/mol. The van der Waals surface area contributed by atoms with Gasteiger partial charge in [0.15, 0.2) is 6.10 Å². The Morgan fingerprint density at radius 2 is 0.623 bits per heavy atom. The molecular formula is C47H90O6. The summed E-state index contributed by atoms with van der Waals surface area (Å²) in [6, 6.07) is 0. The van der Waals surface area contributed by atoms with Gasteiger partial charge >= 0.3 is 17.9 Å². The van der Waals surface area contributed by atoms with Crippen LogP contribution in [0, 0.1) is 5.92 Å². The van der Waals surface area contributed by atoms with Crippen molar-refractivity contribution in [3.8, 4) is 0 Å². The maximum absolute atomic E-state index is 12.7. The molecule has 0 aliphatic heterocycles. The van der Waals surface area contributed by atoms with Crippen LogP contribution < -0.4 is 0 Å². The highest BCUT2D eigenvalue weighted by atomic mass is 16.6. The van der Waals surface area contributed by atoms with Crippen LogP contribution in [-0.4, -0.2) is 37.2 Å². The number of ether oxygens (including phenoxy) is 3. The average Bonchev–Trinajstić information content (AvgIpc) is 3.14. The van der Waals surface area contributed by atoms with E-state index >= 15 is 0 Å². The molecule has 0 unspecified atom stereocenters. The standard InChI is InChI=1S/C47H90O6/c1-5-7-9-11-13-14-19-23-27-31-35-39-46(49)52-42-44(41-51-45(48)38-34-30-25-12-10-8-6-2)53-47(50)40-36-32-28-24-21-18-16-15-17-20-22-26-29-33-37-43(3)4/h43-44H,5-42H2,1-4H3/t44-/m1/s1. The van der Waals surface area contributed by atoms with Crippen LogP contribution in [0.25, 0.3) is 0 Å². The predicted molar refractivity (Wildman–Crippen MR) is 224 cm³/mol. The molecule has 0 aliphatic carbocycles. The van der Waals surface area contributed by atoms with Crippen LogP contribution in [0.5, 0.6) is 0 Å². The first-order chi connectivity index (χ1) is 25.9. The van der Waals surface area contributed by atoms with Gasteiger partial charge in [0.05, 0.1) is 0 Å². The second-order valence-electron chi connectivity index (χ2n) is 16.5. The summed E-state index contributed by atoms with van der Waals surface area (Å²) in [4.78, 5) is 37.6. The zero-order chi connectivity index (χ0) is 38.9. The molecule has 0 aromatic carbocycles. The number of carbonyl (C=O) groups excluding carboxylic acids is 3. The predicted octanol–water partition coefficient (Wildman–Crippen LogP) is 14.7. The first-order valence-electron chi connectivity index (χ1n) is 23.4. The second-order valence-corrected chi connectivity index (χ2v) is 16.5. The molecule has 1 atom stereocenters. The number of unbranched alkanes of at least 4 members (excludes halogenated alkanes) is 29. The lowest BCUT2D eigenvalue weighted by atomic mass is 10.0. The van der Waals surface area contributed by atoms with Gasteiger partial charge in [-0.25, -0.2) is 0 Å². The van der Waals surface area contributed by atoms with E-state index in [0.29, 0.717) is 19.3 Å². The van der Waals surface area contributed by atoms with E-state index in [1.807, 2.05) is 0 Å². The molecule has 0 heterocycles. The lowest BCUT2D eigenvalue weighted by Crippen LogP contribution is -2.30. The van der Waals surface area contributed by atoms with Gasteiger partial charge in [-0.15, -0.1) is 0 Å². The highest BCUT2D eigenvalue weighted by Gasteiger charge is 2.19. The average molecular weight is 751 g/mol. The van der Waals surface area contributed by atoms with Gasteiger partial charge in [0.25, 0.3) is 0 Å². The van der Waals surface area contributed by atoms with Crippen molar-refractivity contribution in [3.63, 3.8) is 0 Å². The van der Waals surface area contributed by atoms with Crippen LogP contribution >= 0.6 is 0 Å². The van der Waals surface area contributed by atoms with Crippen molar-refractivity contribution in [1.29, 1.82) is 0 Å². The molecule has 0 radical (unpaired) electrons. The van der Waals surface area contributed by atoms with E-state index in [1.54, 1.807) is 0 Å². The van der Waals surface area contributed by atoms with Crippen molar-refractivity contribution in [2.75, 3.05) is 13.2 Å². The maximum atomic E-state index is 12.7. The fourth-order valence-electron chi connectivity index (χ4n) is 6.98. The third kappa shape index (κ3) is 41.4. The normalized spacial score (nSPS) is 11.9. The number of carbonyl (C=O) groups is 3. The van der Waals surface area contributed by atoms with Crippen LogP contribution in [-0.2, 0) is 28.6 Å². The molecule has 0 saturated heterocycles. The number of rotatable bonds is 42. The summed E-state index contributed by atoms with van der Waals surface area (Å²) in [6.07, 6.45) is 41.0. The molecule has 0 aliphatic rings. The van der Waals surface area contributed by atoms with Crippen molar-refractivity contribution < 1.29 is 28.6 Å². The van der Waals surface area contributed by atoms with Gasteiger partial charge in [0, 0.05) is 19.3 Å². The Labute approximate surface area is 329 Å². The quantitative estimate of drug-likeness (QED) is 0.0351. The second kappa shape index (κ2) is 41.6. The molecule has 0 rings (SSSR count). The van der Waals surface area contributed by atoms with Gasteiger partial charge in [-0.2, -0.15) is 0 Å². The van der Waals surface area contributed by atoms with Gasteiger partial charge in [-0.3, -0.25) is 14.4 Å². The fraction of sp³-hybridized carbons (Fsp3) is 0.936. The monoisotopic (exact) mass is 751 g/mol. The summed E-state index contributed by atoms with van der Waals surface area (Å²) < 4.78 is 16.7. The molecule has 53 heavy (non-hydrogen) atoms. The molecule has 0 amide bonds. The Balaban J connectivity index is 4.22. The molecule has 6 nitrogen and oxygen atoms in total. The Hall–Kier alpha value is -1.59. The van der Waals surface area contributed by atoms with E-state index in [1.165, 1.54) is 154 Å². The summed E-state index contributed by atoms with van der Waals surface area (Å²) >= 11 is 0. The minimum Gasteiger partial charge on any atom is -0.462 e. The van der Waals surface area contributed by atoms with Gasteiger partial charge in [0.1, 0.15) is 13.2 Å². The molecule has 314 valence electrons. The molecule has 0 spiro atoms. The summed E-state index contributed by atoms with van der Waals surface area (Å²) in [5.41, 5.74) is 0. The third-order valence-electron chi connectivity index (χ3n) is 10.5. The summed E-state index contributed by atoms with van der Waals surface area (Å²) in [6.45, 7) is 8.97. The molecule has 0 bridgehead atoms. The topological polar surface area (TPSA) is 78.9 Å². The highest BCUT2D eigenvalue weighted by molar-refractivity contribution is 5.71. The zero-order valence-electron chi connectivity index (χ0n) is 36.0. The van der Waals surface area contributed by atoms with Gasteiger partial charge in [-0.1, -0.05) is 220 Å². The number of hydrogen-bond donors (Lipinski definition) is 0. The Morgan fingerprint density at radius 3 is 0.925 bits per heavy atom. The number of hydrogen-bond acceptors (Lipinski definition) is 6. The molecule has 6 heteroatoms. The molecule has 0 aromatic rings. The largest absolute Gasteiger partial charge is 0.462 e. The first kappa shape index (κ1) is 51.4. The van der Waals surface area contributed by atoms with Gasteiger partial charge in [-0.05, 0) is 25.2 Å². The lowest BCUT2D eigenvalue weighted by Gasteiger charge is -2.18. The smallest absolute Gasteiger partial charge is 0.306 e. The summed E-state index contributed by atoms with van der Waals surface area (Å²) in [5.74, 6) is -0.0153. The first-order valence-corrected chi connectivity index (χ1v) is 23.4. The van der Waals surface area contributed by atoms with Crippen LogP contribution in [0.4, 0.5) is 0 Å². The Morgan fingerprint density at radius 1 is 0.358 bits per heavy atom. The maximum Gasteiger partial charge on any atom is 0.306 e. The summed E-state index contributed by atoms with van der Waals surface area (Å²) in [5, 5.41) is 0. The van der Waals surface area contributed by atoms with Gasteiger partial charge in [0.2, 0.25) is 0 Å². The fourth-order valence-corrected chi connectivity index (χ4v) is 6.98. The van der Waals surface area contributed by atoms with E-state index in [9.17, 15) is 14.4 Å². The minimum absolute atomic E-state index is 0.0639. The minimum atomic E-state index is -0.758. The lowest BCUT2D eigenvalue weighted by molar-refractivity contribution is -0.167. The third-order valence-corrected chi connectivity index (χ3v) is 10.5. The molecule has 0 aromatic heterocycles.